The zero-order chi connectivity index (χ0) is 13.8. The van der Waals surface area contributed by atoms with E-state index in [1.807, 2.05) is 38.1 Å². The Hall–Kier alpha value is -1.72. The number of hydrogen-bond donors (Lipinski definition) is 1. The molecule has 0 bridgehead atoms. The number of carbonyl (C=O) groups is 1. The van der Waals surface area contributed by atoms with Gasteiger partial charge >= 0.3 is 0 Å². The molecule has 0 saturated heterocycles. The van der Waals surface area contributed by atoms with E-state index in [0.717, 1.165) is 16.3 Å². The summed E-state index contributed by atoms with van der Waals surface area (Å²) in [5.41, 5.74) is 8.00. The lowest BCUT2D eigenvalue weighted by atomic mass is 10.1. The Morgan fingerprint density at radius 2 is 2.16 bits per heavy atom. The van der Waals surface area contributed by atoms with E-state index in [1.54, 1.807) is 10.3 Å². The molecule has 2 aromatic rings. The number of amides is 1. The van der Waals surface area contributed by atoms with Crippen LogP contribution in [0.25, 0.3) is 0 Å². The molecule has 0 aliphatic rings. The maximum Gasteiger partial charge on any atom is 0.277 e. The highest BCUT2D eigenvalue weighted by atomic mass is 32.1. The Labute approximate surface area is 116 Å². The number of hydrogen-bond acceptors (Lipinski definition) is 4. The largest absolute Gasteiger partial charge is 0.325 e. The second-order valence-corrected chi connectivity index (χ2v) is 5.11. The van der Waals surface area contributed by atoms with Gasteiger partial charge < -0.3 is 10.6 Å². The number of benzene rings is 1. The first-order valence-corrected chi connectivity index (χ1v) is 7.07. The number of rotatable bonds is 4. The molecule has 1 heterocycles. The minimum atomic E-state index is -0.0762. The lowest BCUT2D eigenvalue weighted by Crippen LogP contribution is -2.31. The van der Waals surface area contributed by atoms with Crippen LogP contribution in [0.4, 0.5) is 5.69 Å². The van der Waals surface area contributed by atoms with Gasteiger partial charge in [-0.25, -0.2) is 4.98 Å². The van der Waals surface area contributed by atoms with Crippen molar-refractivity contribution in [3.8, 4) is 0 Å². The number of anilines is 1. The van der Waals surface area contributed by atoms with E-state index >= 15 is 0 Å². The fourth-order valence-electron chi connectivity index (χ4n) is 1.93. The monoisotopic (exact) mass is 275 g/mol. The summed E-state index contributed by atoms with van der Waals surface area (Å²) >= 11 is 1.42. The quantitative estimate of drug-likeness (QED) is 0.933. The molecule has 2 rings (SSSR count). The van der Waals surface area contributed by atoms with Gasteiger partial charge in [-0.3, -0.25) is 4.79 Å². The van der Waals surface area contributed by atoms with Crippen LogP contribution >= 0.6 is 11.3 Å². The molecular weight excluding hydrogens is 258 g/mol. The smallest absolute Gasteiger partial charge is 0.277 e. The summed E-state index contributed by atoms with van der Waals surface area (Å²) in [7, 11) is 0. The van der Waals surface area contributed by atoms with Crippen molar-refractivity contribution in [2.75, 3.05) is 11.4 Å². The summed E-state index contributed by atoms with van der Waals surface area (Å²) in [6.45, 7) is 4.94. The van der Waals surface area contributed by atoms with E-state index in [-0.39, 0.29) is 5.91 Å². The number of thiazole rings is 1. The van der Waals surface area contributed by atoms with Gasteiger partial charge in [0.25, 0.3) is 5.91 Å². The predicted molar refractivity (Wildman–Crippen MR) is 78.5 cm³/mol. The third kappa shape index (κ3) is 2.83. The molecule has 4 nitrogen and oxygen atoms in total. The second kappa shape index (κ2) is 5.95. The van der Waals surface area contributed by atoms with E-state index in [1.165, 1.54) is 11.3 Å². The standard InChI is InChI=1S/C14H17N3OS/c1-3-17(12-7-5-4-6-10(12)2)14(18)11-9-19-13(8-15)16-11/h4-7,9H,3,8,15H2,1-2H3. The first-order chi connectivity index (χ1) is 9.17. The molecule has 0 saturated carbocycles. The average Bonchev–Trinajstić information content (AvgIpc) is 2.90. The van der Waals surface area contributed by atoms with Crippen LogP contribution in [0.3, 0.4) is 0 Å². The second-order valence-electron chi connectivity index (χ2n) is 4.17. The van der Waals surface area contributed by atoms with Crippen LogP contribution in [-0.4, -0.2) is 17.4 Å². The SMILES string of the molecule is CCN(C(=O)c1csc(CN)n1)c1ccccc1C. The van der Waals surface area contributed by atoms with Crippen LogP contribution in [0.2, 0.25) is 0 Å². The minimum absolute atomic E-state index is 0.0762. The van der Waals surface area contributed by atoms with Crippen molar-refractivity contribution in [2.45, 2.75) is 20.4 Å². The Morgan fingerprint density at radius 1 is 1.42 bits per heavy atom. The van der Waals surface area contributed by atoms with Crippen LogP contribution < -0.4 is 10.6 Å². The number of nitrogens with two attached hydrogens (primary N) is 1. The normalized spacial score (nSPS) is 10.5. The van der Waals surface area contributed by atoms with Crippen molar-refractivity contribution in [3.63, 3.8) is 0 Å². The summed E-state index contributed by atoms with van der Waals surface area (Å²) in [5.74, 6) is -0.0762. The fraction of sp³-hybridized carbons (Fsp3) is 0.286. The van der Waals surface area contributed by atoms with E-state index in [9.17, 15) is 4.79 Å². The third-order valence-electron chi connectivity index (χ3n) is 2.91. The number of aromatic nitrogens is 1. The van der Waals surface area contributed by atoms with Gasteiger partial charge in [-0.1, -0.05) is 18.2 Å². The van der Waals surface area contributed by atoms with Gasteiger partial charge in [0.2, 0.25) is 0 Å². The van der Waals surface area contributed by atoms with Crippen LogP contribution in [0.5, 0.6) is 0 Å². The minimum Gasteiger partial charge on any atom is -0.325 e. The van der Waals surface area contributed by atoms with E-state index in [4.69, 9.17) is 5.73 Å². The molecule has 5 heteroatoms. The van der Waals surface area contributed by atoms with Gasteiger partial charge in [0.1, 0.15) is 10.7 Å². The summed E-state index contributed by atoms with van der Waals surface area (Å²) in [6.07, 6.45) is 0. The molecule has 2 N–H and O–H groups in total. The van der Waals surface area contributed by atoms with E-state index in [2.05, 4.69) is 4.98 Å². The van der Waals surface area contributed by atoms with Crippen molar-refractivity contribution >= 4 is 22.9 Å². The number of nitrogens with zero attached hydrogens (tertiary/aromatic N) is 2. The number of para-hydroxylation sites is 1. The highest BCUT2D eigenvalue weighted by Crippen LogP contribution is 2.22. The van der Waals surface area contributed by atoms with E-state index < -0.39 is 0 Å². The molecular formula is C14H17N3OS. The molecule has 0 fully saturated rings. The predicted octanol–water partition coefficient (Wildman–Crippen LogP) is 2.58. The van der Waals surface area contributed by atoms with Gasteiger partial charge in [0.05, 0.1) is 0 Å². The summed E-state index contributed by atoms with van der Waals surface area (Å²) < 4.78 is 0. The molecule has 0 spiro atoms. The van der Waals surface area contributed by atoms with Crippen molar-refractivity contribution in [2.24, 2.45) is 5.73 Å². The maximum absolute atomic E-state index is 12.5. The van der Waals surface area contributed by atoms with Gasteiger partial charge in [0, 0.05) is 24.2 Å². The zero-order valence-electron chi connectivity index (χ0n) is 11.1. The van der Waals surface area contributed by atoms with Crippen molar-refractivity contribution in [3.05, 3.63) is 45.9 Å². The Balaban J connectivity index is 2.32. The molecule has 1 aromatic heterocycles. The highest BCUT2D eigenvalue weighted by molar-refractivity contribution is 7.09. The van der Waals surface area contributed by atoms with Crippen molar-refractivity contribution in [1.82, 2.24) is 4.98 Å². The molecule has 0 atom stereocenters. The van der Waals surface area contributed by atoms with E-state index in [0.29, 0.717) is 18.8 Å². The molecule has 19 heavy (non-hydrogen) atoms. The van der Waals surface area contributed by atoms with Crippen molar-refractivity contribution < 1.29 is 4.79 Å². The molecule has 0 aliphatic carbocycles. The fourth-order valence-corrected chi connectivity index (χ4v) is 2.58. The summed E-state index contributed by atoms with van der Waals surface area (Å²) in [4.78, 5) is 18.5. The van der Waals surface area contributed by atoms with Gasteiger partial charge in [-0.05, 0) is 25.5 Å². The summed E-state index contributed by atoms with van der Waals surface area (Å²) in [5, 5.41) is 2.55. The van der Waals surface area contributed by atoms with Crippen LogP contribution in [-0.2, 0) is 6.54 Å². The topological polar surface area (TPSA) is 59.2 Å². The molecule has 100 valence electrons. The zero-order valence-corrected chi connectivity index (χ0v) is 11.9. The highest BCUT2D eigenvalue weighted by Gasteiger charge is 2.19. The van der Waals surface area contributed by atoms with Crippen LogP contribution in [0, 0.1) is 6.92 Å². The Bertz CT molecular complexity index is 580. The summed E-state index contributed by atoms with van der Waals surface area (Å²) in [6, 6.07) is 7.85. The average molecular weight is 275 g/mol. The van der Waals surface area contributed by atoms with Crippen molar-refractivity contribution in [1.29, 1.82) is 0 Å². The molecule has 0 aliphatic heterocycles. The molecule has 0 unspecified atom stereocenters. The Kier molecular flexibility index (Phi) is 4.29. The first-order valence-electron chi connectivity index (χ1n) is 6.19. The lowest BCUT2D eigenvalue weighted by Gasteiger charge is -2.21. The molecule has 1 amide bonds. The first kappa shape index (κ1) is 13.7. The Morgan fingerprint density at radius 3 is 2.74 bits per heavy atom. The third-order valence-corrected chi connectivity index (χ3v) is 3.78. The number of carbonyl (C=O) groups excluding carboxylic acids is 1. The maximum atomic E-state index is 12.5. The van der Waals surface area contributed by atoms with Crippen LogP contribution in [0.1, 0.15) is 28.0 Å². The van der Waals surface area contributed by atoms with Gasteiger partial charge in [-0.15, -0.1) is 11.3 Å². The van der Waals surface area contributed by atoms with Gasteiger partial charge in [-0.2, -0.15) is 0 Å². The van der Waals surface area contributed by atoms with Gasteiger partial charge in [0.15, 0.2) is 0 Å². The molecule has 1 aromatic carbocycles. The number of aryl methyl sites for hydroxylation is 1. The lowest BCUT2D eigenvalue weighted by molar-refractivity contribution is 0.0984. The molecule has 0 radical (unpaired) electrons. The van der Waals surface area contributed by atoms with Crippen LogP contribution in [0.15, 0.2) is 29.6 Å².